The molecule has 0 aromatic heterocycles. The van der Waals surface area contributed by atoms with E-state index in [-0.39, 0.29) is 18.3 Å². The van der Waals surface area contributed by atoms with Crippen LogP contribution in [0.25, 0.3) is 0 Å². The highest BCUT2D eigenvalue weighted by Gasteiger charge is 2.08. The van der Waals surface area contributed by atoms with Gasteiger partial charge in [0.1, 0.15) is 12.4 Å². The standard InChI is InChI=1S/C17H28N2O2.ClH/c1-15-8-10-16(11-9-15)21-14-13-19(2)17(20)7-5-3-4-6-12-18;/h8-11H,3-7,12-14,18H2,1-2H3;1H. The van der Waals surface area contributed by atoms with E-state index in [4.69, 9.17) is 10.5 Å². The summed E-state index contributed by atoms with van der Waals surface area (Å²) in [5, 5.41) is 0. The molecular formula is C17H29ClN2O2. The predicted octanol–water partition coefficient (Wildman–Crippen LogP) is 3.16. The quantitative estimate of drug-likeness (QED) is 0.671. The number of carbonyl (C=O) groups excluding carboxylic acids is 1. The predicted molar refractivity (Wildman–Crippen MR) is 93.7 cm³/mol. The van der Waals surface area contributed by atoms with Gasteiger partial charge in [-0.25, -0.2) is 0 Å². The maximum absolute atomic E-state index is 11.9. The van der Waals surface area contributed by atoms with E-state index in [0.717, 1.165) is 38.0 Å². The Hall–Kier alpha value is -1.26. The second kappa shape index (κ2) is 12.3. The van der Waals surface area contributed by atoms with Gasteiger partial charge in [-0.15, -0.1) is 12.4 Å². The number of halogens is 1. The Bertz CT molecular complexity index is 410. The van der Waals surface area contributed by atoms with Gasteiger partial charge in [0.2, 0.25) is 5.91 Å². The normalized spacial score (nSPS) is 9.95. The first kappa shape index (κ1) is 20.7. The van der Waals surface area contributed by atoms with E-state index >= 15 is 0 Å². The van der Waals surface area contributed by atoms with E-state index in [1.807, 2.05) is 38.2 Å². The van der Waals surface area contributed by atoms with Crippen molar-refractivity contribution < 1.29 is 9.53 Å². The van der Waals surface area contributed by atoms with E-state index in [2.05, 4.69) is 0 Å². The molecule has 0 atom stereocenters. The number of ether oxygens (including phenoxy) is 1. The lowest BCUT2D eigenvalue weighted by Gasteiger charge is -2.17. The number of unbranched alkanes of at least 4 members (excludes halogenated alkanes) is 3. The molecule has 1 rings (SSSR count). The Morgan fingerprint density at radius 1 is 1.14 bits per heavy atom. The van der Waals surface area contributed by atoms with Crippen molar-refractivity contribution in [3.8, 4) is 5.75 Å². The Kier molecular flexibility index (Phi) is 11.6. The van der Waals surface area contributed by atoms with Crippen LogP contribution < -0.4 is 10.5 Å². The summed E-state index contributed by atoms with van der Waals surface area (Å²) in [5.41, 5.74) is 6.65. The second-order valence-corrected chi connectivity index (χ2v) is 5.43. The van der Waals surface area contributed by atoms with Crippen LogP contribution in [0.2, 0.25) is 0 Å². The SMILES string of the molecule is Cc1ccc(OCCN(C)C(=O)CCCCCCN)cc1.Cl. The molecule has 0 saturated carbocycles. The van der Waals surface area contributed by atoms with Crippen LogP contribution in [0.15, 0.2) is 24.3 Å². The average Bonchev–Trinajstić information content (AvgIpc) is 2.48. The molecule has 1 aromatic rings. The molecule has 5 heteroatoms. The summed E-state index contributed by atoms with van der Waals surface area (Å²) >= 11 is 0. The lowest BCUT2D eigenvalue weighted by molar-refractivity contribution is -0.130. The first-order valence-corrected chi connectivity index (χ1v) is 7.77. The van der Waals surface area contributed by atoms with Crippen LogP contribution in [0.4, 0.5) is 0 Å². The van der Waals surface area contributed by atoms with Crippen LogP contribution in [0.3, 0.4) is 0 Å². The van der Waals surface area contributed by atoms with Gasteiger partial charge in [0.15, 0.2) is 0 Å². The van der Waals surface area contributed by atoms with Crippen molar-refractivity contribution >= 4 is 18.3 Å². The van der Waals surface area contributed by atoms with Gasteiger partial charge in [0.25, 0.3) is 0 Å². The number of amides is 1. The summed E-state index contributed by atoms with van der Waals surface area (Å²) in [6.45, 7) is 3.93. The third-order valence-electron chi connectivity index (χ3n) is 3.49. The van der Waals surface area contributed by atoms with Crippen LogP contribution in [-0.2, 0) is 4.79 Å². The maximum atomic E-state index is 11.9. The van der Waals surface area contributed by atoms with Crippen LogP contribution in [0, 0.1) is 6.92 Å². The second-order valence-electron chi connectivity index (χ2n) is 5.43. The number of nitrogens with two attached hydrogens (primary N) is 1. The Morgan fingerprint density at radius 3 is 2.41 bits per heavy atom. The van der Waals surface area contributed by atoms with E-state index in [1.54, 1.807) is 4.90 Å². The number of hydrogen-bond donors (Lipinski definition) is 1. The molecule has 4 nitrogen and oxygen atoms in total. The zero-order chi connectivity index (χ0) is 15.5. The van der Waals surface area contributed by atoms with Crippen molar-refractivity contribution in [3.05, 3.63) is 29.8 Å². The summed E-state index contributed by atoms with van der Waals surface area (Å²) in [6.07, 6.45) is 4.81. The van der Waals surface area contributed by atoms with Gasteiger partial charge in [-0.1, -0.05) is 30.5 Å². The van der Waals surface area contributed by atoms with Crippen LogP contribution in [-0.4, -0.2) is 37.6 Å². The first-order valence-electron chi connectivity index (χ1n) is 7.77. The van der Waals surface area contributed by atoms with Gasteiger partial charge in [0.05, 0.1) is 6.54 Å². The molecule has 0 aliphatic rings. The number of hydrogen-bond acceptors (Lipinski definition) is 3. The van der Waals surface area contributed by atoms with Gasteiger partial charge >= 0.3 is 0 Å². The molecule has 22 heavy (non-hydrogen) atoms. The van der Waals surface area contributed by atoms with Gasteiger partial charge in [-0.2, -0.15) is 0 Å². The molecule has 0 bridgehead atoms. The molecule has 0 aliphatic heterocycles. The highest BCUT2D eigenvalue weighted by Crippen LogP contribution is 2.11. The lowest BCUT2D eigenvalue weighted by Crippen LogP contribution is -2.30. The van der Waals surface area contributed by atoms with Crippen molar-refractivity contribution in [1.29, 1.82) is 0 Å². The van der Waals surface area contributed by atoms with Gasteiger partial charge in [0, 0.05) is 13.5 Å². The zero-order valence-electron chi connectivity index (χ0n) is 13.7. The van der Waals surface area contributed by atoms with Gasteiger partial charge in [-0.05, 0) is 38.4 Å². The number of benzene rings is 1. The van der Waals surface area contributed by atoms with Gasteiger partial charge < -0.3 is 15.4 Å². The van der Waals surface area contributed by atoms with Gasteiger partial charge in [-0.3, -0.25) is 4.79 Å². The van der Waals surface area contributed by atoms with E-state index in [1.165, 1.54) is 5.56 Å². The van der Waals surface area contributed by atoms with Crippen molar-refractivity contribution in [3.63, 3.8) is 0 Å². The molecule has 1 amide bonds. The summed E-state index contributed by atoms with van der Waals surface area (Å²) in [6, 6.07) is 7.94. The molecule has 0 radical (unpaired) electrons. The zero-order valence-corrected chi connectivity index (χ0v) is 14.5. The molecule has 0 aliphatic carbocycles. The third kappa shape index (κ3) is 8.90. The third-order valence-corrected chi connectivity index (χ3v) is 3.49. The molecule has 0 unspecified atom stereocenters. The summed E-state index contributed by atoms with van der Waals surface area (Å²) in [5.74, 6) is 1.04. The first-order chi connectivity index (χ1) is 10.1. The monoisotopic (exact) mass is 328 g/mol. The fourth-order valence-corrected chi connectivity index (χ4v) is 2.02. The summed E-state index contributed by atoms with van der Waals surface area (Å²) in [4.78, 5) is 13.7. The van der Waals surface area contributed by atoms with E-state index in [0.29, 0.717) is 19.6 Å². The molecule has 0 heterocycles. The molecule has 0 spiro atoms. The van der Waals surface area contributed by atoms with E-state index in [9.17, 15) is 4.79 Å². The minimum Gasteiger partial charge on any atom is -0.492 e. The lowest BCUT2D eigenvalue weighted by atomic mass is 10.1. The highest BCUT2D eigenvalue weighted by molar-refractivity contribution is 5.85. The summed E-state index contributed by atoms with van der Waals surface area (Å²) < 4.78 is 5.63. The maximum Gasteiger partial charge on any atom is 0.222 e. The Balaban J connectivity index is 0.00000441. The fourth-order valence-electron chi connectivity index (χ4n) is 2.02. The molecule has 0 fully saturated rings. The Morgan fingerprint density at radius 2 is 1.77 bits per heavy atom. The van der Waals surface area contributed by atoms with Crippen molar-refractivity contribution in [2.45, 2.75) is 39.0 Å². The molecule has 126 valence electrons. The van der Waals surface area contributed by atoms with Crippen LogP contribution in [0.1, 0.15) is 37.7 Å². The molecule has 0 saturated heterocycles. The molecule has 1 aromatic carbocycles. The Labute approximate surface area is 140 Å². The minimum atomic E-state index is 0. The van der Waals surface area contributed by atoms with Crippen molar-refractivity contribution in [2.75, 3.05) is 26.7 Å². The van der Waals surface area contributed by atoms with Crippen LogP contribution >= 0.6 is 12.4 Å². The smallest absolute Gasteiger partial charge is 0.222 e. The van der Waals surface area contributed by atoms with Crippen molar-refractivity contribution in [1.82, 2.24) is 4.90 Å². The fraction of sp³-hybridized carbons (Fsp3) is 0.588. The number of nitrogens with zero attached hydrogens (tertiary/aromatic N) is 1. The number of rotatable bonds is 10. The average molecular weight is 329 g/mol. The van der Waals surface area contributed by atoms with Crippen molar-refractivity contribution in [2.24, 2.45) is 5.73 Å². The molecule has 2 N–H and O–H groups in total. The largest absolute Gasteiger partial charge is 0.492 e. The highest BCUT2D eigenvalue weighted by atomic mass is 35.5. The number of carbonyl (C=O) groups is 1. The van der Waals surface area contributed by atoms with E-state index < -0.39 is 0 Å². The topological polar surface area (TPSA) is 55.6 Å². The summed E-state index contributed by atoms with van der Waals surface area (Å²) in [7, 11) is 1.83. The van der Waals surface area contributed by atoms with Crippen LogP contribution in [0.5, 0.6) is 5.75 Å². The molecular weight excluding hydrogens is 300 g/mol. The number of likely N-dealkylation sites (N-methyl/N-ethyl adjacent to an activating group) is 1. The number of aryl methyl sites for hydroxylation is 1. The minimum absolute atomic E-state index is 0.